The molecule has 0 aliphatic carbocycles. The first kappa shape index (κ1) is 17.1. The number of hydrazone groups is 1. The number of aryl methyl sites for hydroxylation is 1. The molecule has 0 spiro atoms. The molecule has 3 rings (SSSR count). The molecular formula is C19H17BrN4O. The number of amides is 1. The normalized spacial score (nSPS) is 11.0. The van der Waals surface area contributed by atoms with E-state index in [4.69, 9.17) is 0 Å². The number of pyridine rings is 1. The minimum atomic E-state index is -0.286. The summed E-state index contributed by atoms with van der Waals surface area (Å²) in [5.74, 6) is -0.286. The van der Waals surface area contributed by atoms with Crippen molar-refractivity contribution in [2.45, 2.75) is 13.8 Å². The molecule has 126 valence electrons. The van der Waals surface area contributed by atoms with E-state index in [9.17, 15) is 4.79 Å². The van der Waals surface area contributed by atoms with Crippen LogP contribution in [0.25, 0.3) is 5.69 Å². The number of benzene rings is 1. The Morgan fingerprint density at radius 3 is 2.68 bits per heavy atom. The molecule has 0 saturated heterocycles. The van der Waals surface area contributed by atoms with Crippen molar-refractivity contribution >= 4 is 28.1 Å². The Hall–Kier alpha value is -2.73. The van der Waals surface area contributed by atoms with Crippen LogP contribution in [-0.4, -0.2) is 21.7 Å². The van der Waals surface area contributed by atoms with E-state index < -0.39 is 0 Å². The van der Waals surface area contributed by atoms with E-state index in [0.717, 1.165) is 27.1 Å². The van der Waals surface area contributed by atoms with Crippen molar-refractivity contribution in [3.8, 4) is 5.69 Å². The molecule has 25 heavy (non-hydrogen) atoms. The zero-order chi connectivity index (χ0) is 17.8. The van der Waals surface area contributed by atoms with E-state index in [2.05, 4.69) is 48.1 Å². The maximum absolute atomic E-state index is 12.0. The highest BCUT2D eigenvalue weighted by molar-refractivity contribution is 9.10. The fourth-order valence-corrected chi connectivity index (χ4v) is 2.89. The number of nitrogens with zero attached hydrogens (tertiary/aromatic N) is 3. The van der Waals surface area contributed by atoms with E-state index in [1.165, 1.54) is 6.20 Å². The molecule has 1 amide bonds. The average Bonchev–Trinajstić information content (AvgIpc) is 2.90. The van der Waals surface area contributed by atoms with Crippen molar-refractivity contribution < 1.29 is 4.79 Å². The topological polar surface area (TPSA) is 59.3 Å². The second-order valence-electron chi connectivity index (χ2n) is 5.58. The number of aromatic nitrogens is 2. The van der Waals surface area contributed by atoms with Crippen molar-refractivity contribution in [1.82, 2.24) is 15.0 Å². The molecule has 0 aliphatic heterocycles. The van der Waals surface area contributed by atoms with Gasteiger partial charge in [-0.2, -0.15) is 5.10 Å². The molecule has 0 saturated carbocycles. The van der Waals surface area contributed by atoms with Crippen LogP contribution in [0.3, 0.4) is 0 Å². The molecule has 0 unspecified atom stereocenters. The van der Waals surface area contributed by atoms with Crippen molar-refractivity contribution in [2.24, 2.45) is 5.10 Å². The Balaban J connectivity index is 1.79. The molecule has 0 fully saturated rings. The van der Waals surface area contributed by atoms with Gasteiger partial charge in [0.05, 0.1) is 11.8 Å². The van der Waals surface area contributed by atoms with Crippen LogP contribution in [0.1, 0.15) is 27.3 Å². The molecule has 1 aromatic carbocycles. The van der Waals surface area contributed by atoms with Crippen molar-refractivity contribution in [3.63, 3.8) is 0 Å². The Morgan fingerprint density at radius 2 is 2.00 bits per heavy atom. The summed E-state index contributed by atoms with van der Waals surface area (Å²) in [6.07, 6.45) is 4.78. The van der Waals surface area contributed by atoms with Gasteiger partial charge in [0.15, 0.2) is 0 Å². The lowest BCUT2D eigenvalue weighted by atomic mass is 10.2. The maximum Gasteiger partial charge on any atom is 0.272 e. The average molecular weight is 397 g/mol. The Morgan fingerprint density at radius 1 is 1.24 bits per heavy atom. The van der Waals surface area contributed by atoms with Crippen LogP contribution in [0, 0.1) is 13.8 Å². The van der Waals surface area contributed by atoms with Crippen molar-refractivity contribution in [2.75, 3.05) is 0 Å². The first-order valence-electron chi connectivity index (χ1n) is 7.74. The molecule has 6 heteroatoms. The number of carbonyl (C=O) groups is 1. The number of carbonyl (C=O) groups excluding carboxylic acids is 1. The predicted molar refractivity (Wildman–Crippen MR) is 102 cm³/mol. The van der Waals surface area contributed by atoms with E-state index in [1.54, 1.807) is 24.5 Å². The highest BCUT2D eigenvalue weighted by atomic mass is 79.9. The molecule has 2 heterocycles. The van der Waals surface area contributed by atoms with Crippen LogP contribution in [-0.2, 0) is 0 Å². The molecule has 2 aromatic heterocycles. The fraction of sp³-hybridized carbons (Fsp3) is 0.105. The smallest absolute Gasteiger partial charge is 0.272 e. The van der Waals surface area contributed by atoms with Gasteiger partial charge in [-0.3, -0.25) is 9.78 Å². The molecule has 0 aliphatic rings. The van der Waals surface area contributed by atoms with Gasteiger partial charge in [-0.05, 0) is 56.3 Å². The van der Waals surface area contributed by atoms with Gasteiger partial charge in [-0.1, -0.05) is 15.9 Å². The summed E-state index contributed by atoms with van der Waals surface area (Å²) in [5.41, 5.74) is 7.18. The van der Waals surface area contributed by atoms with E-state index >= 15 is 0 Å². The van der Waals surface area contributed by atoms with Crippen LogP contribution in [0.5, 0.6) is 0 Å². The van der Waals surface area contributed by atoms with Gasteiger partial charge in [0.2, 0.25) is 0 Å². The molecule has 1 N–H and O–H groups in total. The molecule has 3 aromatic rings. The van der Waals surface area contributed by atoms with Crippen molar-refractivity contribution in [3.05, 3.63) is 81.8 Å². The van der Waals surface area contributed by atoms with Crippen LogP contribution in [0.4, 0.5) is 0 Å². The van der Waals surface area contributed by atoms with Crippen LogP contribution in [0.2, 0.25) is 0 Å². The molecule has 0 radical (unpaired) electrons. The van der Waals surface area contributed by atoms with Gasteiger partial charge < -0.3 is 4.57 Å². The third-order valence-electron chi connectivity index (χ3n) is 3.85. The van der Waals surface area contributed by atoms with Crippen molar-refractivity contribution in [1.29, 1.82) is 0 Å². The van der Waals surface area contributed by atoms with Crippen LogP contribution in [0.15, 0.2) is 64.4 Å². The van der Waals surface area contributed by atoms with E-state index in [-0.39, 0.29) is 5.91 Å². The first-order valence-corrected chi connectivity index (χ1v) is 8.54. The summed E-state index contributed by atoms with van der Waals surface area (Å²) >= 11 is 3.45. The zero-order valence-corrected chi connectivity index (χ0v) is 15.5. The van der Waals surface area contributed by atoms with Gasteiger partial charge in [0.1, 0.15) is 0 Å². The van der Waals surface area contributed by atoms with Crippen LogP contribution < -0.4 is 5.43 Å². The third kappa shape index (κ3) is 3.85. The highest BCUT2D eigenvalue weighted by Gasteiger charge is 2.09. The lowest BCUT2D eigenvalue weighted by Gasteiger charge is -2.09. The summed E-state index contributed by atoms with van der Waals surface area (Å²) < 4.78 is 3.19. The fourth-order valence-electron chi connectivity index (χ4n) is 2.63. The first-order chi connectivity index (χ1) is 12.1. The lowest BCUT2D eigenvalue weighted by Crippen LogP contribution is -2.17. The van der Waals surface area contributed by atoms with Crippen LogP contribution >= 0.6 is 15.9 Å². The van der Waals surface area contributed by atoms with Gasteiger partial charge in [0.25, 0.3) is 5.91 Å². The summed E-state index contributed by atoms with van der Waals surface area (Å²) in [6.45, 7) is 4.07. The highest BCUT2D eigenvalue weighted by Crippen LogP contribution is 2.21. The zero-order valence-electron chi connectivity index (χ0n) is 13.9. The monoisotopic (exact) mass is 396 g/mol. The summed E-state index contributed by atoms with van der Waals surface area (Å²) in [4.78, 5) is 15.9. The number of nitrogens with one attached hydrogen (secondary N) is 1. The number of halogens is 1. The Labute approximate surface area is 154 Å². The van der Waals surface area contributed by atoms with Gasteiger partial charge in [0, 0.05) is 39.5 Å². The maximum atomic E-state index is 12.0. The van der Waals surface area contributed by atoms with E-state index in [0.29, 0.717) is 5.56 Å². The summed E-state index contributed by atoms with van der Waals surface area (Å²) in [6, 6.07) is 13.6. The number of hydrogen-bond acceptors (Lipinski definition) is 3. The van der Waals surface area contributed by atoms with Gasteiger partial charge in [-0.25, -0.2) is 5.43 Å². The summed E-state index contributed by atoms with van der Waals surface area (Å²) in [5, 5.41) is 4.07. The third-order valence-corrected chi connectivity index (χ3v) is 4.38. The predicted octanol–water partition coefficient (Wildman–Crippen LogP) is 4.02. The van der Waals surface area contributed by atoms with Gasteiger partial charge >= 0.3 is 0 Å². The standard InChI is InChI=1S/C19H17BrN4O/c1-13-10-16(12-22-23-19(25)15-4-3-9-21-11-15)14(2)24(13)18-7-5-17(20)6-8-18/h3-12H,1-2H3,(H,23,25)/b22-12+. The molecule has 5 nitrogen and oxygen atoms in total. The minimum Gasteiger partial charge on any atom is -0.318 e. The molecule has 0 atom stereocenters. The molecular weight excluding hydrogens is 380 g/mol. The lowest BCUT2D eigenvalue weighted by molar-refractivity contribution is 0.0955. The molecule has 0 bridgehead atoms. The van der Waals surface area contributed by atoms with E-state index in [1.807, 2.05) is 32.0 Å². The second kappa shape index (κ2) is 7.44. The second-order valence-corrected chi connectivity index (χ2v) is 6.49. The summed E-state index contributed by atoms with van der Waals surface area (Å²) in [7, 11) is 0. The SMILES string of the molecule is Cc1cc(/C=N/NC(=O)c2cccnc2)c(C)n1-c1ccc(Br)cc1. The quantitative estimate of drug-likeness (QED) is 0.534. The number of rotatable bonds is 4. The van der Waals surface area contributed by atoms with Gasteiger partial charge in [-0.15, -0.1) is 0 Å². The largest absolute Gasteiger partial charge is 0.318 e. The number of hydrogen-bond donors (Lipinski definition) is 1. The Bertz CT molecular complexity index is 915. The Kier molecular flexibility index (Phi) is 5.09. The minimum absolute atomic E-state index is 0.286.